The van der Waals surface area contributed by atoms with E-state index in [0.29, 0.717) is 0 Å². The summed E-state index contributed by atoms with van der Waals surface area (Å²) in [4.78, 5) is 0. The number of hydrogen-bond acceptors (Lipinski definition) is 2. The van der Waals surface area contributed by atoms with E-state index in [2.05, 4.69) is 37.4 Å². The quantitative estimate of drug-likeness (QED) is 0.845. The van der Waals surface area contributed by atoms with Gasteiger partial charge in [-0.15, -0.1) is 0 Å². The van der Waals surface area contributed by atoms with Crippen LogP contribution in [0.2, 0.25) is 5.02 Å². The van der Waals surface area contributed by atoms with Gasteiger partial charge < -0.3 is 10.1 Å². The number of ether oxygens (including phenoxy) is 1. The first-order valence-electron chi connectivity index (χ1n) is 7.26. The second kappa shape index (κ2) is 7.48. The lowest BCUT2D eigenvalue weighted by molar-refractivity contribution is 0.399. The Balaban J connectivity index is 2.32. The van der Waals surface area contributed by atoms with Gasteiger partial charge in [-0.25, -0.2) is 0 Å². The molecule has 1 atom stereocenters. The summed E-state index contributed by atoms with van der Waals surface area (Å²) in [6.07, 6.45) is 0.883. The Labute approximate surface area is 132 Å². The van der Waals surface area contributed by atoms with Crippen molar-refractivity contribution in [1.82, 2.24) is 5.32 Å². The zero-order chi connectivity index (χ0) is 15.2. The fourth-order valence-electron chi connectivity index (χ4n) is 2.56. The predicted molar refractivity (Wildman–Crippen MR) is 89.3 cm³/mol. The van der Waals surface area contributed by atoms with Crippen molar-refractivity contribution in [3.8, 4) is 5.75 Å². The van der Waals surface area contributed by atoms with Crippen LogP contribution in [0.4, 0.5) is 0 Å². The lowest BCUT2D eigenvalue weighted by Gasteiger charge is -2.21. The maximum atomic E-state index is 6.09. The minimum Gasteiger partial charge on any atom is -0.496 e. The molecule has 3 heteroatoms. The molecule has 112 valence electrons. The smallest absolute Gasteiger partial charge is 0.123 e. The van der Waals surface area contributed by atoms with Crippen LogP contribution in [0.15, 0.2) is 42.5 Å². The van der Waals surface area contributed by atoms with Gasteiger partial charge in [0.15, 0.2) is 0 Å². The van der Waals surface area contributed by atoms with E-state index in [-0.39, 0.29) is 6.04 Å². The highest BCUT2D eigenvalue weighted by atomic mass is 35.5. The summed E-state index contributed by atoms with van der Waals surface area (Å²) < 4.78 is 5.52. The monoisotopic (exact) mass is 303 g/mol. The molecule has 0 fully saturated rings. The molecule has 1 unspecified atom stereocenters. The lowest BCUT2D eigenvalue weighted by Crippen LogP contribution is -2.23. The van der Waals surface area contributed by atoms with E-state index in [1.54, 1.807) is 7.11 Å². The topological polar surface area (TPSA) is 21.3 Å². The minimum atomic E-state index is 0.211. The van der Waals surface area contributed by atoms with Crippen molar-refractivity contribution in [3.63, 3.8) is 0 Å². The zero-order valence-corrected chi connectivity index (χ0v) is 13.6. The average Bonchev–Trinajstić information content (AvgIpc) is 2.47. The average molecular weight is 304 g/mol. The highest BCUT2D eigenvalue weighted by Crippen LogP contribution is 2.29. The first-order valence-corrected chi connectivity index (χ1v) is 7.64. The third kappa shape index (κ3) is 4.23. The van der Waals surface area contributed by atoms with Crippen LogP contribution in [0.25, 0.3) is 0 Å². The molecule has 0 heterocycles. The summed E-state index contributed by atoms with van der Waals surface area (Å²) in [6, 6.07) is 14.5. The van der Waals surface area contributed by atoms with Crippen molar-refractivity contribution in [2.45, 2.75) is 26.3 Å². The molecule has 0 bridgehead atoms. The maximum Gasteiger partial charge on any atom is 0.123 e. The fraction of sp³-hybridized carbons (Fsp3) is 0.333. The minimum absolute atomic E-state index is 0.211. The number of likely N-dealkylation sites (N-methyl/N-ethyl adjacent to an activating group) is 1. The number of rotatable bonds is 6. The van der Waals surface area contributed by atoms with E-state index >= 15 is 0 Å². The van der Waals surface area contributed by atoms with Gasteiger partial charge in [0, 0.05) is 16.6 Å². The highest BCUT2D eigenvalue weighted by molar-refractivity contribution is 6.30. The largest absolute Gasteiger partial charge is 0.496 e. The van der Waals surface area contributed by atoms with Crippen molar-refractivity contribution in [2.75, 3.05) is 13.7 Å². The van der Waals surface area contributed by atoms with Crippen LogP contribution in [0.3, 0.4) is 0 Å². The number of benzene rings is 2. The molecule has 2 aromatic rings. The second-order valence-electron chi connectivity index (χ2n) is 5.19. The van der Waals surface area contributed by atoms with Crippen LogP contribution in [0.5, 0.6) is 5.75 Å². The molecule has 0 radical (unpaired) electrons. The Kier molecular flexibility index (Phi) is 5.66. The van der Waals surface area contributed by atoms with Gasteiger partial charge in [0.2, 0.25) is 0 Å². The Morgan fingerprint density at radius 2 is 2.00 bits per heavy atom. The van der Waals surface area contributed by atoms with E-state index in [9.17, 15) is 0 Å². The maximum absolute atomic E-state index is 6.09. The molecular formula is C18H22ClNO. The number of methoxy groups -OCH3 is 1. The van der Waals surface area contributed by atoms with Crippen LogP contribution in [0, 0.1) is 6.92 Å². The Morgan fingerprint density at radius 3 is 2.67 bits per heavy atom. The molecule has 0 aliphatic carbocycles. The number of halogens is 1. The first kappa shape index (κ1) is 15.9. The van der Waals surface area contributed by atoms with E-state index in [1.807, 2.05) is 24.3 Å². The molecule has 0 saturated heterocycles. The predicted octanol–water partition coefficient (Wildman–Crippen LogP) is 4.55. The van der Waals surface area contributed by atoms with E-state index < -0.39 is 0 Å². The number of hydrogen-bond donors (Lipinski definition) is 1. The van der Waals surface area contributed by atoms with Crippen LogP contribution < -0.4 is 10.1 Å². The van der Waals surface area contributed by atoms with Crippen molar-refractivity contribution < 1.29 is 4.74 Å². The van der Waals surface area contributed by atoms with Crippen molar-refractivity contribution in [1.29, 1.82) is 0 Å². The molecule has 0 aromatic heterocycles. The number of aryl methyl sites for hydroxylation is 1. The van der Waals surface area contributed by atoms with Gasteiger partial charge in [0.05, 0.1) is 7.11 Å². The molecule has 0 spiro atoms. The summed E-state index contributed by atoms with van der Waals surface area (Å²) >= 11 is 6.09. The number of nitrogens with one attached hydrogen (secondary N) is 1. The molecule has 0 aliphatic rings. The summed E-state index contributed by atoms with van der Waals surface area (Å²) in [5.74, 6) is 0.925. The molecule has 2 aromatic carbocycles. The molecule has 0 aliphatic heterocycles. The van der Waals surface area contributed by atoms with Gasteiger partial charge in [-0.2, -0.15) is 0 Å². The van der Waals surface area contributed by atoms with Crippen LogP contribution in [-0.2, 0) is 6.42 Å². The van der Waals surface area contributed by atoms with Gasteiger partial charge in [-0.3, -0.25) is 0 Å². The van der Waals surface area contributed by atoms with E-state index in [1.165, 1.54) is 16.7 Å². The summed E-state index contributed by atoms with van der Waals surface area (Å²) in [5.41, 5.74) is 3.65. The van der Waals surface area contributed by atoms with Crippen molar-refractivity contribution in [3.05, 3.63) is 64.2 Å². The Morgan fingerprint density at radius 1 is 1.19 bits per heavy atom. The first-order chi connectivity index (χ1) is 10.1. The zero-order valence-electron chi connectivity index (χ0n) is 12.8. The van der Waals surface area contributed by atoms with Gasteiger partial charge >= 0.3 is 0 Å². The third-order valence-corrected chi connectivity index (χ3v) is 3.78. The molecule has 0 amide bonds. The molecule has 0 saturated carbocycles. The molecule has 21 heavy (non-hydrogen) atoms. The molecule has 2 nitrogen and oxygen atoms in total. The van der Waals surface area contributed by atoms with E-state index in [4.69, 9.17) is 16.3 Å². The summed E-state index contributed by atoms with van der Waals surface area (Å²) in [7, 11) is 1.72. The van der Waals surface area contributed by atoms with Gasteiger partial charge in [0.1, 0.15) is 5.75 Å². The van der Waals surface area contributed by atoms with Gasteiger partial charge in [0.25, 0.3) is 0 Å². The highest BCUT2D eigenvalue weighted by Gasteiger charge is 2.16. The van der Waals surface area contributed by atoms with E-state index in [0.717, 1.165) is 23.7 Å². The second-order valence-corrected chi connectivity index (χ2v) is 5.63. The normalized spacial score (nSPS) is 12.2. The van der Waals surface area contributed by atoms with Crippen LogP contribution in [0.1, 0.15) is 29.7 Å². The lowest BCUT2D eigenvalue weighted by atomic mass is 9.96. The SMILES string of the molecule is CCNC(Cc1cccc(Cl)c1)c1cc(C)ccc1OC. The third-order valence-electron chi connectivity index (χ3n) is 3.54. The van der Waals surface area contributed by atoms with Gasteiger partial charge in [-0.1, -0.05) is 48.4 Å². The molecule has 2 rings (SSSR count). The summed E-state index contributed by atoms with van der Waals surface area (Å²) in [6.45, 7) is 5.13. The van der Waals surface area contributed by atoms with Crippen LogP contribution >= 0.6 is 11.6 Å². The van der Waals surface area contributed by atoms with Crippen molar-refractivity contribution >= 4 is 11.6 Å². The van der Waals surface area contributed by atoms with Crippen LogP contribution in [-0.4, -0.2) is 13.7 Å². The molecule has 1 N–H and O–H groups in total. The molecular weight excluding hydrogens is 282 g/mol. The standard InChI is InChI=1S/C18H22ClNO/c1-4-20-17(12-14-6-5-7-15(19)11-14)16-10-13(2)8-9-18(16)21-3/h5-11,17,20H,4,12H2,1-3H3. The van der Waals surface area contributed by atoms with Crippen molar-refractivity contribution in [2.24, 2.45) is 0 Å². The fourth-order valence-corrected chi connectivity index (χ4v) is 2.78. The van der Waals surface area contributed by atoms with Gasteiger partial charge in [-0.05, 0) is 43.7 Å². The Bertz CT molecular complexity index is 598. The summed E-state index contributed by atoms with van der Waals surface area (Å²) in [5, 5.41) is 4.32. The Hall–Kier alpha value is -1.51.